The second kappa shape index (κ2) is 11.1. The van der Waals surface area contributed by atoms with Crippen molar-refractivity contribution in [2.75, 3.05) is 7.11 Å². The summed E-state index contributed by atoms with van der Waals surface area (Å²) in [7, 11) is -4.32. The largest absolute Gasteiger partial charge is 0.673 e. The van der Waals surface area contributed by atoms with Crippen molar-refractivity contribution in [2.45, 2.75) is 0 Å². The van der Waals surface area contributed by atoms with Crippen molar-refractivity contribution >= 4 is 19.4 Å². The van der Waals surface area contributed by atoms with Crippen LogP contribution < -0.4 is 4.74 Å². The molecule has 0 spiro atoms. The van der Waals surface area contributed by atoms with E-state index in [1.165, 1.54) is 0 Å². The van der Waals surface area contributed by atoms with Crippen molar-refractivity contribution in [3.63, 3.8) is 0 Å². The lowest BCUT2D eigenvalue weighted by Gasteiger charge is -2.00. The SMILES string of the molecule is COc1ccc(/C=C/c2cc(-c3ccccc3)[o+]c(-c3ccccc3)c2)cc1.F[B-](F)(F)F. The van der Waals surface area contributed by atoms with Crippen LogP contribution in [0.3, 0.4) is 0 Å². The predicted octanol–water partition coefficient (Wildman–Crippen LogP) is 8.37. The quantitative estimate of drug-likeness (QED) is 0.172. The zero-order valence-corrected chi connectivity index (χ0v) is 17.8. The summed E-state index contributed by atoms with van der Waals surface area (Å²) in [6.07, 6.45) is 4.20. The summed E-state index contributed by atoms with van der Waals surface area (Å²) < 4.78 is 50.4. The highest BCUT2D eigenvalue weighted by Crippen LogP contribution is 2.29. The summed E-state index contributed by atoms with van der Waals surface area (Å²) in [4.78, 5) is 0. The molecule has 0 N–H and O–H groups in total. The van der Waals surface area contributed by atoms with Crippen molar-refractivity contribution in [1.82, 2.24) is 0 Å². The van der Waals surface area contributed by atoms with Crippen LogP contribution in [0.5, 0.6) is 5.75 Å². The van der Waals surface area contributed by atoms with Gasteiger partial charge in [-0.2, -0.15) is 0 Å². The van der Waals surface area contributed by atoms with E-state index >= 15 is 0 Å². The molecular formula is C26H21BF4O2. The first-order valence-electron chi connectivity index (χ1n) is 10.1. The van der Waals surface area contributed by atoms with Gasteiger partial charge in [-0.15, -0.1) is 0 Å². The number of methoxy groups -OCH3 is 1. The lowest BCUT2D eigenvalue weighted by molar-refractivity contribution is 0.368. The Morgan fingerprint density at radius 1 is 0.636 bits per heavy atom. The summed E-state index contributed by atoms with van der Waals surface area (Å²) in [6.45, 7) is 0. The van der Waals surface area contributed by atoms with Gasteiger partial charge in [0.05, 0.1) is 30.4 Å². The van der Waals surface area contributed by atoms with E-state index in [9.17, 15) is 17.3 Å². The third kappa shape index (κ3) is 7.96. The number of ether oxygens (including phenoxy) is 1. The molecule has 0 amide bonds. The molecule has 0 aliphatic heterocycles. The molecule has 1 heterocycles. The van der Waals surface area contributed by atoms with E-state index < -0.39 is 7.25 Å². The molecule has 0 bridgehead atoms. The first-order chi connectivity index (χ1) is 15.8. The molecule has 0 aliphatic carbocycles. The lowest BCUT2D eigenvalue weighted by Crippen LogP contribution is -2.02. The van der Waals surface area contributed by atoms with Gasteiger partial charge in [0.2, 0.25) is 0 Å². The summed E-state index contributed by atoms with van der Waals surface area (Å²) >= 11 is 0. The molecule has 1 aromatic heterocycles. The average molecular weight is 452 g/mol. The van der Waals surface area contributed by atoms with Crippen LogP contribution >= 0.6 is 0 Å². The molecule has 0 saturated carbocycles. The molecule has 4 rings (SSSR count). The number of halogens is 4. The van der Waals surface area contributed by atoms with Gasteiger partial charge >= 0.3 is 18.8 Å². The molecule has 168 valence electrons. The highest BCUT2D eigenvalue weighted by Gasteiger charge is 2.20. The van der Waals surface area contributed by atoms with Gasteiger partial charge < -0.3 is 22.0 Å². The van der Waals surface area contributed by atoms with Crippen LogP contribution in [0.1, 0.15) is 11.1 Å². The number of rotatable bonds is 5. The predicted molar refractivity (Wildman–Crippen MR) is 126 cm³/mol. The fraction of sp³-hybridized carbons (Fsp3) is 0.0385. The van der Waals surface area contributed by atoms with E-state index in [0.717, 1.165) is 39.5 Å². The first-order valence-corrected chi connectivity index (χ1v) is 10.1. The standard InChI is InChI=1S/C26H21O2.BF4/c1-27-24-16-14-20(15-17-24)12-13-21-18-25(22-8-4-2-5-9-22)28-26(19-21)23-10-6-3-7-11-23;2-1(3,4)5/h2-19H,1H3;/q+1;-1/b13-12+;. The van der Waals surface area contributed by atoms with E-state index in [1.807, 2.05) is 60.7 Å². The Hall–Kier alpha value is -3.87. The highest BCUT2D eigenvalue weighted by atomic mass is 19.5. The van der Waals surface area contributed by atoms with Crippen LogP contribution in [0.2, 0.25) is 0 Å². The summed E-state index contributed by atoms with van der Waals surface area (Å²) in [5, 5.41) is 0. The van der Waals surface area contributed by atoms with Gasteiger partial charge in [0.1, 0.15) is 5.75 Å². The van der Waals surface area contributed by atoms with Crippen molar-refractivity contribution < 1.29 is 26.4 Å². The van der Waals surface area contributed by atoms with Gasteiger partial charge in [-0.25, -0.2) is 4.42 Å². The summed E-state index contributed by atoms with van der Waals surface area (Å²) in [5.41, 5.74) is 4.31. The average Bonchev–Trinajstić information content (AvgIpc) is 2.83. The lowest BCUT2D eigenvalue weighted by atomic mass is 10.1. The normalized spacial score (nSPS) is 11.1. The Kier molecular flexibility index (Phi) is 8.03. The van der Waals surface area contributed by atoms with Crippen LogP contribution in [-0.2, 0) is 0 Å². The van der Waals surface area contributed by atoms with Gasteiger partial charge in [0, 0.05) is 0 Å². The van der Waals surface area contributed by atoms with Crippen molar-refractivity contribution in [2.24, 2.45) is 0 Å². The molecule has 0 fully saturated rings. The van der Waals surface area contributed by atoms with Gasteiger partial charge in [-0.1, -0.05) is 60.7 Å². The number of hydrogen-bond acceptors (Lipinski definition) is 1. The number of hydrogen-bond donors (Lipinski definition) is 0. The Bertz CT molecular complexity index is 1110. The van der Waals surface area contributed by atoms with Crippen LogP contribution in [-0.4, -0.2) is 14.4 Å². The van der Waals surface area contributed by atoms with E-state index in [0.29, 0.717) is 0 Å². The topological polar surface area (TPSA) is 20.5 Å². The van der Waals surface area contributed by atoms with Crippen molar-refractivity contribution in [3.05, 3.63) is 108 Å². The van der Waals surface area contributed by atoms with E-state index in [4.69, 9.17) is 9.15 Å². The molecular weight excluding hydrogens is 431 g/mol. The van der Waals surface area contributed by atoms with Crippen molar-refractivity contribution in [3.8, 4) is 28.4 Å². The molecule has 0 radical (unpaired) electrons. The Morgan fingerprint density at radius 2 is 1.06 bits per heavy atom. The molecule has 4 aromatic rings. The molecule has 0 unspecified atom stereocenters. The second-order valence-corrected chi connectivity index (χ2v) is 6.95. The fourth-order valence-corrected chi connectivity index (χ4v) is 3.01. The number of benzene rings is 3. The van der Waals surface area contributed by atoms with Crippen LogP contribution in [0, 0.1) is 0 Å². The molecule has 2 nitrogen and oxygen atoms in total. The van der Waals surface area contributed by atoms with E-state index in [2.05, 4.69) is 48.6 Å². The van der Waals surface area contributed by atoms with Crippen LogP contribution in [0.15, 0.2) is 101 Å². The van der Waals surface area contributed by atoms with E-state index in [1.54, 1.807) is 7.11 Å². The third-order valence-corrected chi connectivity index (χ3v) is 4.52. The monoisotopic (exact) mass is 452 g/mol. The Labute approximate surface area is 189 Å². The maximum absolute atomic E-state index is 9.75. The Balaban J connectivity index is 0.000000555. The Morgan fingerprint density at radius 3 is 1.48 bits per heavy atom. The van der Waals surface area contributed by atoms with Gasteiger partial charge in [0.15, 0.2) is 0 Å². The summed E-state index contributed by atoms with van der Waals surface area (Å²) in [5.74, 6) is 2.54. The minimum atomic E-state index is -6.00. The maximum Gasteiger partial charge on any atom is 0.673 e. The highest BCUT2D eigenvalue weighted by molar-refractivity contribution is 6.50. The molecule has 3 aromatic carbocycles. The smallest absolute Gasteiger partial charge is 0.497 e. The van der Waals surface area contributed by atoms with Crippen LogP contribution in [0.4, 0.5) is 17.3 Å². The van der Waals surface area contributed by atoms with Gasteiger partial charge in [-0.05, 0) is 47.5 Å². The maximum atomic E-state index is 9.75. The van der Waals surface area contributed by atoms with Gasteiger partial charge in [0.25, 0.3) is 0 Å². The van der Waals surface area contributed by atoms with Crippen molar-refractivity contribution in [1.29, 1.82) is 0 Å². The third-order valence-electron chi connectivity index (χ3n) is 4.52. The minimum Gasteiger partial charge on any atom is -0.497 e. The minimum absolute atomic E-state index is 0.844. The zero-order valence-electron chi connectivity index (χ0n) is 17.8. The van der Waals surface area contributed by atoms with Gasteiger partial charge in [-0.3, -0.25) is 0 Å². The van der Waals surface area contributed by atoms with E-state index in [-0.39, 0.29) is 0 Å². The first kappa shape index (κ1) is 23.8. The van der Waals surface area contributed by atoms with Crippen LogP contribution in [0.25, 0.3) is 34.8 Å². The molecule has 33 heavy (non-hydrogen) atoms. The zero-order chi connectivity index (χ0) is 23.7. The molecule has 7 heteroatoms. The molecule has 0 aliphatic rings. The summed E-state index contributed by atoms with van der Waals surface area (Å²) in [6, 6.07) is 32.5. The molecule has 0 saturated heterocycles. The fourth-order valence-electron chi connectivity index (χ4n) is 3.01. The second-order valence-electron chi connectivity index (χ2n) is 6.95. The molecule has 0 atom stereocenters.